The molecule has 2 rings (SSSR count). The highest BCUT2D eigenvalue weighted by Gasteiger charge is 2.28. The number of amides is 2. The summed E-state index contributed by atoms with van der Waals surface area (Å²) in [7, 11) is 0. The van der Waals surface area contributed by atoms with Gasteiger partial charge >= 0.3 is 0 Å². The Morgan fingerprint density at radius 1 is 1.26 bits per heavy atom. The summed E-state index contributed by atoms with van der Waals surface area (Å²) in [5.74, 6) is -0.297. The molecular formula is C17H25N3O3. The Balaban J connectivity index is 1.94. The summed E-state index contributed by atoms with van der Waals surface area (Å²) >= 11 is 0. The zero-order valence-electron chi connectivity index (χ0n) is 14.0. The van der Waals surface area contributed by atoms with Crippen LogP contribution in [0.1, 0.15) is 31.1 Å². The Kier molecular flexibility index (Phi) is 5.74. The van der Waals surface area contributed by atoms with Crippen molar-refractivity contribution in [2.45, 2.75) is 26.3 Å². The number of carbonyl (C=O) groups excluding carboxylic acids is 2. The fraction of sp³-hybridized carbons (Fsp3) is 0.529. The number of anilines is 1. The molecule has 1 fully saturated rings. The van der Waals surface area contributed by atoms with Crippen molar-refractivity contribution in [1.82, 2.24) is 10.2 Å². The first-order valence-corrected chi connectivity index (χ1v) is 7.87. The molecule has 0 saturated carbocycles. The second-order valence-corrected chi connectivity index (χ2v) is 6.36. The summed E-state index contributed by atoms with van der Waals surface area (Å²) in [6.07, 6.45) is 0. The summed E-state index contributed by atoms with van der Waals surface area (Å²) in [5, 5.41) is 5.67. The van der Waals surface area contributed by atoms with E-state index in [-0.39, 0.29) is 17.4 Å². The molecular weight excluding hydrogens is 294 g/mol. The summed E-state index contributed by atoms with van der Waals surface area (Å²) in [6, 6.07) is 6.93. The van der Waals surface area contributed by atoms with Crippen molar-refractivity contribution in [3.05, 3.63) is 29.8 Å². The standard InChI is InChI=1S/C17H25N3O3/c1-13(21)19-15-6-4-5-14(11-15)16(22)18-12-17(2,3)20-7-9-23-10-8-20/h4-6,11H,7-10,12H2,1-3H3,(H,18,22)(H,19,21). The van der Waals surface area contributed by atoms with Gasteiger partial charge in [-0.3, -0.25) is 14.5 Å². The Hall–Kier alpha value is -1.92. The molecule has 2 amide bonds. The molecule has 6 nitrogen and oxygen atoms in total. The van der Waals surface area contributed by atoms with Crippen LogP contribution < -0.4 is 10.6 Å². The van der Waals surface area contributed by atoms with E-state index in [1.165, 1.54) is 6.92 Å². The maximum absolute atomic E-state index is 12.3. The SMILES string of the molecule is CC(=O)Nc1cccc(C(=O)NCC(C)(C)N2CCOCC2)c1. The van der Waals surface area contributed by atoms with E-state index in [0.717, 1.165) is 26.3 Å². The van der Waals surface area contributed by atoms with E-state index in [9.17, 15) is 9.59 Å². The number of benzene rings is 1. The third-order valence-electron chi connectivity index (χ3n) is 3.99. The first kappa shape index (κ1) is 17.4. The Bertz CT molecular complexity index is 566. The van der Waals surface area contributed by atoms with Gasteiger partial charge in [0.05, 0.1) is 13.2 Å². The van der Waals surface area contributed by atoms with Gasteiger partial charge in [-0.15, -0.1) is 0 Å². The molecule has 1 aliphatic rings. The fourth-order valence-electron chi connectivity index (χ4n) is 2.62. The average molecular weight is 319 g/mol. The van der Waals surface area contributed by atoms with Crippen molar-refractivity contribution in [2.24, 2.45) is 0 Å². The summed E-state index contributed by atoms with van der Waals surface area (Å²) in [5.41, 5.74) is 1.03. The van der Waals surface area contributed by atoms with E-state index in [1.54, 1.807) is 24.3 Å². The predicted molar refractivity (Wildman–Crippen MR) is 89.5 cm³/mol. The van der Waals surface area contributed by atoms with E-state index in [1.807, 2.05) is 0 Å². The number of ether oxygens (including phenoxy) is 1. The van der Waals surface area contributed by atoms with Crippen LogP contribution in [-0.2, 0) is 9.53 Å². The molecule has 0 radical (unpaired) electrons. The lowest BCUT2D eigenvalue weighted by Gasteiger charge is -2.40. The van der Waals surface area contributed by atoms with Gasteiger partial charge in [-0.2, -0.15) is 0 Å². The van der Waals surface area contributed by atoms with Gasteiger partial charge in [0.2, 0.25) is 5.91 Å². The van der Waals surface area contributed by atoms with Gasteiger partial charge in [0.15, 0.2) is 0 Å². The molecule has 23 heavy (non-hydrogen) atoms. The summed E-state index contributed by atoms with van der Waals surface area (Å²) in [4.78, 5) is 25.8. The van der Waals surface area contributed by atoms with Gasteiger partial charge in [-0.05, 0) is 32.0 Å². The first-order valence-electron chi connectivity index (χ1n) is 7.87. The van der Waals surface area contributed by atoms with Crippen LogP contribution in [0.2, 0.25) is 0 Å². The van der Waals surface area contributed by atoms with Crippen LogP contribution in [0.3, 0.4) is 0 Å². The largest absolute Gasteiger partial charge is 0.379 e. The average Bonchev–Trinajstić information content (AvgIpc) is 2.53. The molecule has 1 aromatic rings. The van der Waals surface area contributed by atoms with E-state index < -0.39 is 0 Å². The third kappa shape index (κ3) is 5.04. The number of hydrogen-bond donors (Lipinski definition) is 2. The fourth-order valence-corrected chi connectivity index (χ4v) is 2.62. The van der Waals surface area contributed by atoms with Crippen LogP contribution in [-0.4, -0.2) is 55.1 Å². The second kappa shape index (κ2) is 7.57. The lowest BCUT2D eigenvalue weighted by Crippen LogP contribution is -2.55. The topological polar surface area (TPSA) is 70.7 Å². The van der Waals surface area contributed by atoms with Crippen molar-refractivity contribution in [3.8, 4) is 0 Å². The van der Waals surface area contributed by atoms with Crippen LogP contribution in [0.25, 0.3) is 0 Å². The number of rotatable bonds is 5. The monoisotopic (exact) mass is 319 g/mol. The predicted octanol–water partition coefficient (Wildman–Crippen LogP) is 1.49. The molecule has 0 atom stereocenters. The molecule has 1 aromatic carbocycles. The number of hydrogen-bond acceptors (Lipinski definition) is 4. The zero-order chi connectivity index (χ0) is 16.9. The van der Waals surface area contributed by atoms with Gasteiger partial charge in [-0.1, -0.05) is 6.07 Å². The van der Waals surface area contributed by atoms with Crippen molar-refractivity contribution < 1.29 is 14.3 Å². The van der Waals surface area contributed by atoms with Crippen LogP contribution >= 0.6 is 0 Å². The number of nitrogens with zero attached hydrogens (tertiary/aromatic N) is 1. The van der Waals surface area contributed by atoms with E-state index >= 15 is 0 Å². The highest BCUT2D eigenvalue weighted by Crippen LogP contribution is 2.16. The zero-order valence-corrected chi connectivity index (χ0v) is 14.0. The number of nitrogens with one attached hydrogen (secondary N) is 2. The normalized spacial score (nSPS) is 16.0. The molecule has 1 saturated heterocycles. The van der Waals surface area contributed by atoms with Gasteiger partial charge in [-0.25, -0.2) is 0 Å². The summed E-state index contributed by atoms with van der Waals surface area (Å²) < 4.78 is 5.37. The van der Waals surface area contributed by atoms with Gasteiger partial charge in [0.1, 0.15) is 0 Å². The van der Waals surface area contributed by atoms with E-state index in [0.29, 0.717) is 17.8 Å². The smallest absolute Gasteiger partial charge is 0.251 e. The first-order chi connectivity index (χ1) is 10.9. The lowest BCUT2D eigenvalue weighted by molar-refractivity contribution is -0.114. The van der Waals surface area contributed by atoms with Crippen LogP contribution in [0.15, 0.2) is 24.3 Å². The maximum Gasteiger partial charge on any atom is 0.251 e. The molecule has 6 heteroatoms. The Morgan fingerprint density at radius 2 is 1.96 bits per heavy atom. The Labute approximate surface area is 137 Å². The molecule has 0 spiro atoms. The van der Waals surface area contributed by atoms with Crippen LogP contribution in [0.4, 0.5) is 5.69 Å². The highest BCUT2D eigenvalue weighted by atomic mass is 16.5. The molecule has 2 N–H and O–H groups in total. The minimum Gasteiger partial charge on any atom is -0.379 e. The lowest BCUT2D eigenvalue weighted by atomic mass is 10.0. The molecule has 0 aromatic heterocycles. The maximum atomic E-state index is 12.3. The van der Waals surface area contributed by atoms with Gasteiger partial charge in [0.25, 0.3) is 5.91 Å². The number of morpholine rings is 1. The van der Waals surface area contributed by atoms with Crippen molar-refractivity contribution in [3.63, 3.8) is 0 Å². The van der Waals surface area contributed by atoms with Crippen molar-refractivity contribution >= 4 is 17.5 Å². The quantitative estimate of drug-likeness (QED) is 0.862. The van der Waals surface area contributed by atoms with Crippen LogP contribution in [0, 0.1) is 0 Å². The summed E-state index contributed by atoms with van der Waals surface area (Å²) in [6.45, 7) is 9.44. The minimum atomic E-state index is -0.156. The van der Waals surface area contributed by atoms with Crippen molar-refractivity contribution in [2.75, 3.05) is 38.2 Å². The molecule has 0 unspecified atom stereocenters. The van der Waals surface area contributed by atoms with Crippen molar-refractivity contribution in [1.29, 1.82) is 0 Å². The molecule has 126 valence electrons. The number of carbonyl (C=O) groups is 2. The molecule has 1 aliphatic heterocycles. The molecule has 0 bridgehead atoms. The third-order valence-corrected chi connectivity index (χ3v) is 3.99. The minimum absolute atomic E-state index is 0.130. The second-order valence-electron chi connectivity index (χ2n) is 6.36. The van der Waals surface area contributed by atoms with Crippen LogP contribution in [0.5, 0.6) is 0 Å². The van der Waals surface area contributed by atoms with E-state index in [4.69, 9.17) is 4.74 Å². The van der Waals surface area contributed by atoms with Gasteiger partial charge < -0.3 is 15.4 Å². The molecule has 1 heterocycles. The highest BCUT2D eigenvalue weighted by molar-refractivity contribution is 5.96. The van der Waals surface area contributed by atoms with E-state index in [2.05, 4.69) is 29.4 Å². The Morgan fingerprint density at radius 3 is 2.61 bits per heavy atom. The van der Waals surface area contributed by atoms with Gasteiger partial charge in [0, 0.05) is 43.3 Å². The molecule has 0 aliphatic carbocycles.